The molecule has 0 amide bonds. The van der Waals surface area contributed by atoms with E-state index in [0.29, 0.717) is 33.6 Å². The minimum absolute atomic E-state index is 0.0217. The number of furan rings is 1. The van der Waals surface area contributed by atoms with Crippen molar-refractivity contribution in [2.45, 2.75) is 12.1 Å². The van der Waals surface area contributed by atoms with E-state index in [1.807, 2.05) is 0 Å². The maximum absolute atomic E-state index is 11.5. The van der Waals surface area contributed by atoms with Gasteiger partial charge >= 0.3 is 5.97 Å². The Balaban J connectivity index is 1.90. The lowest BCUT2D eigenvalue weighted by Gasteiger charge is -2.00. The molecule has 2 aromatic heterocycles. The lowest BCUT2D eigenvalue weighted by Crippen LogP contribution is -1.97. The first-order valence-corrected chi connectivity index (χ1v) is 7.99. The molecule has 3 rings (SSSR count). The Labute approximate surface area is 147 Å². The molecule has 0 bridgehead atoms. The molecule has 124 valence electrons. The summed E-state index contributed by atoms with van der Waals surface area (Å²) in [5, 5.41) is 25.4. The normalized spacial score (nSPS) is 11.3. The van der Waals surface area contributed by atoms with Gasteiger partial charge in [-0.2, -0.15) is 5.26 Å². The smallest absolute Gasteiger partial charge is 0.342 e. The van der Waals surface area contributed by atoms with Crippen LogP contribution in [0.25, 0.3) is 17.4 Å². The summed E-state index contributed by atoms with van der Waals surface area (Å²) in [5.41, 5.74) is 1.13. The number of carboxylic acids is 1. The van der Waals surface area contributed by atoms with Crippen molar-refractivity contribution in [2.75, 3.05) is 0 Å². The van der Waals surface area contributed by atoms with Gasteiger partial charge in [0.1, 0.15) is 22.3 Å². The number of carboxylic acid groups (broad SMARTS) is 1. The minimum Gasteiger partial charge on any atom is -0.477 e. The van der Waals surface area contributed by atoms with E-state index < -0.39 is 5.97 Å². The molecule has 0 radical (unpaired) electrons. The quantitative estimate of drug-likeness (QED) is 0.533. The predicted octanol–water partition coefficient (Wildman–Crippen LogP) is 3.46. The summed E-state index contributed by atoms with van der Waals surface area (Å²) in [6.45, 7) is 1.73. The fraction of sp³-hybridized carbons (Fsp3) is 0.0588. The van der Waals surface area contributed by atoms with Crippen molar-refractivity contribution >= 4 is 23.8 Å². The van der Waals surface area contributed by atoms with E-state index in [1.54, 1.807) is 43.3 Å². The molecule has 7 nitrogen and oxygen atoms in total. The van der Waals surface area contributed by atoms with E-state index in [0.717, 1.165) is 11.8 Å². The van der Waals surface area contributed by atoms with Crippen LogP contribution in [0.2, 0.25) is 0 Å². The Morgan fingerprint density at radius 1 is 1.36 bits per heavy atom. The number of carbonyl (C=O) groups is 1. The van der Waals surface area contributed by atoms with Gasteiger partial charge in [0.05, 0.1) is 11.6 Å². The third kappa shape index (κ3) is 3.79. The Bertz CT molecular complexity index is 997. The number of aromatic amines is 1. The first-order valence-electron chi connectivity index (χ1n) is 7.18. The fourth-order valence-corrected chi connectivity index (χ4v) is 2.83. The van der Waals surface area contributed by atoms with Gasteiger partial charge in [-0.25, -0.2) is 9.78 Å². The van der Waals surface area contributed by atoms with Crippen molar-refractivity contribution in [1.29, 1.82) is 5.26 Å². The average molecular weight is 352 g/mol. The molecule has 0 aliphatic rings. The Hall–Kier alpha value is -3.31. The molecule has 0 spiro atoms. The zero-order valence-electron chi connectivity index (χ0n) is 13.1. The number of hydrogen-bond donors (Lipinski definition) is 2. The summed E-state index contributed by atoms with van der Waals surface area (Å²) in [7, 11) is 0. The maximum Gasteiger partial charge on any atom is 0.342 e. The average Bonchev–Trinajstić information content (AvgIpc) is 3.23. The number of hydrogen-bond acceptors (Lipinski definition) is 6. The molecule has 0 aliphatic carbocycles. The van der Waals surface area contributed by atoms with E-state index in [1.165, 1.54) is 6.08 Å². The summed E-state index contributed by atoms with van der Waals surface area (Å²) < 4.78 is 5.68. The van der Waals surface area contributed by atoms with E-state index in [4.69, 9.17) is 9.68 Å². The summed E-state index contributed by atoms with van der Waals surface area (Å²) in [6, 6.07) is 12.5. The zero-order chi connectivity index (χ0) is 17.8. The third-order valence-electron chi connectivity index (χ3n) is 3.20. The number of aromatic nitrogens is 3. The lowest BCUT2D eigenvalue weighted by molar-refractivity contribution is -0.131. The van der Waals surface area contributed by atoms with E-state index in [2.05, 4.69) is 21.3 Å². The minimum atomic E-state index is -1.11. The van der Waals surface area contributed by atoms with Crippen molar-refractivity contribution in [3.05, 3.63) is 58.5 Å². The van der Waals surface area contributed by atoms with Gasteiger partial charge in [0, 0.05) is 11.6 Å². The number of nitriles is 1. The predicted molar refractivity (Wildman–Crippen MR) is 91.4 cm³/mol. The summed E-state index contributed by atoms with van der Waals surface area (Å²) in [6.07, 6.45) is 1.40. The topological polar surface area (TPSA) is 116 Å². The van der Waals surface area contributed by atoms with Gasteiger partial charge in [0.2, 0.25) is 5.16 Å². The van der Waals surface area contributed by atoms with Crippen LogP contribution >= 0.6 is 11.8 Å². The first-order chi connectivity index (χ1) is 12.1. The van der Waals surface area contributed by atoms with Gasteiger partial charge in [0.15, 0.2) is 0 Å². The number of benzene rings is 1. The second kappa shape index (κ2) is 7.07. The summed E-state index contributed by atoms with van der Waals surface area (Å²) >= 11 is 0.921. The van der Waals surface area contributed by atoms with Gasteiger partial charge in [-0.05, 0) is 43.0 Å². The molecule has 3 aromatic rings. The van der Waals surface area contributed by atoms with E-state index >= 15 is 0 Å². The van der Waals surface area contributed by atoms with Crippen molar-refractivity contribution in [3.8, 4) is 17.4 Å². The van der Waals surface area contributed by atoms with Crippen LogP contribution in [0.15, 0.2) is 50.9 Å². The third-order valence-corrected chi connectivity index (χ3v) is 4.08. The Morgan fingerprint density at radius 3 is 2.84 bits per heavy atom. The Morgan fingerprint density at radius 2 is 2.16 bits per heavy atom. The van der Waals surface area contributed by atoms with Crippen LogP contribution in [0.5, 0.6) is 0 Å². The number of aryl methyl sites for hydroxylation is 1. The SMILES string of the molecule is Cc1nc(SC(=Cc2ccc(-c3ccccc3C#N)o2)C(=O)O)n[nH]1. The standard InChI is InChI=1S/C17H12N4O3S/c1-10-19-17(21-20-10)25-15(16(22)23)8-12-6-7-14(24-12)13-5-3-2-4-11(13)9-18/h2-8H,1H3,(H,22,23)(H,19,20,21). The summed E-state index contributed by atoms with van der Waals surface area (Å²) in [5.74, 6) is 0.343. The van der Waals surface area contributed by atoms with Gasteiger partial charge in [-0.3, -0.25) is 5.10 Å². The van der Waals surface area contributed by atoms with E-state index in [9.17, 15) is 9.90 Å². The molecule has 1 aromatic carbocycles. The molecular weight excluding hydrogens is 340 g/mol. The highest BCUT2D eigenvalue weighted by Gasteiger charge is 2.15. The molecule has 0 saturated carbocycles. The molecule has 25 heavy (non-hydrogen) atoms. The number of thioether (sulfide) groups is 1. The monoisotopic (exact) mass is 352 g/mol. The number of nitrogens with one attached hydrogen (secondary N) is 1. The van der Waals surface area contributed by atoms with Gasteiger partial charge < -0.3 is 9.52 Å². The van der Waals surface area contributed by atoms with Crippen molar-refractivity contribution in [2.24, 2.45) is 0 Å². The second-order valence-electron chi connectivity index (χ2n) is 4.98. The van der Waals surface area contributed by atoms with Gasteiger partial charge in [0.25, 0.3) is 0 Å². The van der Waals surface area contributed by atoms with Crippen molar-refractivity contribution in [1.82, 2.24) is 15.2 Å². The number of nitrogens with zero attached hydrogens (tertiary/aromatic N) is 3. The summed E-state index contributed by atoms with van der Waals surface area (Å²) in [4.78, 5) is 15.5. The van der Waals surface area contributed by atoms with E-state index in [-0.39, 0.29) is 4.91 Å². The van der Waals surface area contributed by atoms with Crippen LogP contribution in [0.4, 0.5) is 0 Å². The highest BCUT2D eigenvalue weighted by molar-refractivity contribution is 8.04. The molecule has 2 heterocycles. The largest absolute Gasteiger partial charge is 0.477 e. The Kier molecular flexibility index (Phi) is 4.68. The van der Waals surface area contributed by atoms with Crippen LogP contribution in [-0.4, -0.2) is 26.3 Å². The van der Waals surface area contributed by atoms with Crippen LogP contribution in [-0.2, 0) is 4.79 Å². The first kappa shape index (κ1) is 16.5. The molecule has 0 saturated heterocycles. The maximum atomic E-state index is 11.5. The van der Waals surface area contributed by atoms with Crippen LogP contribution < -0.4 is 0 Å². The van der Waals surface area contributed by atoms with Crippen LogP contribution in [0.1, 0.15) is 17.1 Å². The molecular formula is C17H12N4O3S. The highest BCUT2D eigenvalue weighted by atomic mass is 32.2. The van der Waals surface area contributed by atoms with Crippen LogP contribution in [0, 0.1) is 18.3 Å². The fourth-order valence-electron chi connectivity index (χ4n) is 2.10. The number of rotatable bonds is 5. The number of H-pyrrole nitrogens is 1. The molecule has 0 unspecified atom stereocenters. The molecule has 2 N–H and O–H groups in total. The zero-order valence-corrected chi connectivity index (χ0v) is 13.9. The van der Waals surface area contributed by atoms with Crippen molar-refractivity contribution < 1.29 is 14.3 Å². The van der Waals surface area contributed by atoms with Gasteiger partial charge in [-0.1, -0.05) is 12.1 Å². The lowest BCUT2D eigenvalue weighted by atomic mass is 10.1. The molecule has 8 heteroatoms. The van der Waals surface area contributed by atoms with Crippen LogP contribution in [0.3, 0.4) is 0 Å². The molecule has 0 aliphatic heterocycles. The molecule has 0 fully saturated rings. The van der Waals surface area contributed by atoms with Crippen molar-refractivity contribution in [3.63, 3.8) is 0 Å². The van der Waals surface area contributed by atoms with Gasteiger partial charge in [-0.15, -0.1) is 5.10 Å². The molecule has 0 atom stereocenters. The second-order valence-corrected chi connectivity index (χ2v) is 5.99. The highest BCUT2D eigenvalue weighted by Crippen LogP contribution is 2.29. The number of aliphatic carboxylic acids is 1.